The molecule has 0 aliphatic carbocycles. The molecule has 3 rings (SSSR count). The summed E-state index contributed by atoms with van der Waals surface area (Å²) in [7, 11) is -16.8. The van der Waals surface area contributed by atoms with E-state index in [2.05, 4.69) is 28.2 Å². The van der Waals surface area contributed by atoms with Crippen LogP contribution in [0, 0.1) is 0 Å². The Kier molecular flexibility index (Phi) is 7.27. The van der Waals surface area contributed by atoms with Gasteiger partial charge in [-0.25, -0.2) is 23.7 Å². The van der Waals surface area contributed by atoms with E-state index in [0.717, 1.165) is 6.33 Å². The maximum atomic E-state index is 11.9. The summed E-state index contributed by atoms with van der Waals surface area (Å²) < 4.78 is 51.3. The summed E-state index contributed by atoms with van der Waals surface area (Å²) in [6.07, 6.45) is -3.46. The standard InChI is InChI=1S/C12H21N6O13P3/c1-12(20)8(19)6(3-28-33(24,25)31-34(26,27)30-32(21,22)23)29-11(12)18-2-5(17-14)7-9(13)15-4-16-10(7)18/h4,6,8,11,19-20H,2-3,14H2,1H3,(H,24,25)(H,26,27)(H2,13,15,16)(H2,21,22,23)/t6-,8-,11-,12-/m1/s1. The molecule has 2 aliphatic heterocycles. The van der Waals surface area contributed by atoms with Gasteiger partial charge < -0.3 is 51.0 Å². The van der Waals surface area contributed by atoms with Gasteiger partial charge in [0.1, 0.15) is 35.8 Å². The van der Waals surface area contributed by atoms with Crippen molar-refractivity contribution in [1.29, 1.82) is 0 Å². The van der Waals surface area contributed by atoms with Gasteiger partial charge >= 0.3 is 23.5 Å². The van der Waals surface area contributed by atoms with Crippen LogP contribution in [0.3, 0.4) is 0 Å². The highest BCUT2D eigenvalue weighted by Gasteiger charge is 2.57. The highest BCUT2D eigenvalue weighted by atomic mass is 31.3. The van der Waals surface area contributed by atoms with Crippen LogP contribution in [-0.4, -0.2) is 82.7 Å². The average Bonchev–Trinajstić information content (AvgIpc) is 3.14. The second kappa shape index (κ2) is 9.15. The van der Waals surface area contributed by atoms with Crippen molar-refractivity contribution in [2.75, 3.05) is 23.8 Å². The van der Waals surface area contributed by atoms with Crippen LogP contribution in [0.5, 0.6) is 0 Å². The number of nitrogen functional groups attached to an aromatic ring is 1. The molecule has 0 spiro atoms. The largest absolute Gasteiger partial charge is 0.490 e. The lowest BCUT2D eigenvalue weighted by Gasteiger charge is -2.33. The lowest BCUT2D eigenvalue weighted by atomic mass is 9.96. The summed E-state index contributed by atoms with van der Waals surface area (Å²) in [6.45, 7) is 0.141. The number of aliphatic hydroxyl groups excluding tert-OH is 1. The zero-order valence-electron chi connectivity index (χ0n) is 17.0. The van der Waals surface area contributed by atoms with Crippen molar-refractivity contribution in [2.45, 2.75) is 31.0 Å². The van der Waals surface area contributed by atoms with E-state index in [-0.39, 0.29) is 29.5 Å². The predicted molar refractivity (Wildman–Crippen MR) is 110 cm³/mol. The topological polar surface area (TPSA) is 303 Å². The van der Waals surface area contributed by atoms with Gasteiger partial charge in [0.25, 0.3) is 0 Å². The van der Waals surface area contributed by atoms with Crippen LogP contribution in [0.2, 0.25) is 0 Å². The number of ether oxygens (including phenoxy) is 1. The zero-order valence-corrected chi connectivity index (χ0v) is 19.7. The van der Waals surface area contributed by atoms with Crippen LogP contribution in [0.4, 0.5) is 11.6 Å². The number of nitrogens with zero attached hydrogens (tertiary/aromatic N) is 4. The van der Waals surface area contributed by atoms with Crippen molar-refractivity contribution >= 4 is 40.8 Å². The van der Waals surface area contributed by atoms with Gasteiger partial charge in [0.15, 0.2) is 6.23 Å². The number of rotatable bonds is 8. The number of hydrogen-bond donors (Lipinski definition) is 8. The van der Waals surface area contributed by atoms with Crippen molar-refractivity contribution in [3.63, 3.8) is 0 Å². The molecule has 1 aromatic rings. The molecule has 0 aromatic carbocycles. The Balaban J connectivity index is 1.75. The van der Waals surface area contributed by atoms with E-state index in [0.29, 0.717) is 0 Å². The Morgan fingerprint density at radius 3 is 2.47 bits per heavy atom. The Hall–Kier alpha value is -1.56. The minimum absolute atomic E-state index is 0.0408. The molecule has 22 heteroatoms. The van der Waals surface area contributed by atoms with Gasteiger partial charge in [-0.05, 0) is 6.92 Å². The fraction of sp³-hybridized carbons (Fsp3) is 0.583. The van der Waals surface area contributed by atoms with Gasteiger partial charge in [-0.3, -0.25) is 4.52 Å². The minimum Gasteiger partial charge on any atom is -0.387 e. The first kappa shape index (κ1) is 27.0. The number of aromatic nitrogens is 2. The molecular weight excluding hydrogens is 529 g/mol. The van der Waals surface area contributed by atoms with Crippen LogP contribution < -0.4 is 16.5 Å². The van der Waals surface area contributed by atoms with Gasteiger partial charge in [-0.1, -0.05) is 0 Å². The van der Waals surface area contributed by atoms with Crippen molar-refractivity contribution < 1.29 is 61.4 Å². The molecule has 34 heavy (non-hydrogen) atoms. The number of aliphatic hydroxyl groups is 2. The minimum atomic E-state index is -5.73. The van der Waals surface area contributed by atoms with Crippen LogP contribution in [-0.2, 0) is 31.6 Å². The first-order valence-corrected chi connectivity index (χ1v) is 13.5. The van der Waals surface area contributed by atoms with Crippen molar-refractivity contribution in [3.8, 4) is 0 Å². The molecule has 0 bridgehead atoms. The quantitative estimate of drug-likeness (QED) is 0.0960. The molecule has 192 valence electrons. The maximum Gasteiger partial charge on any atom is 0.490 e. The highest BCUT2D eigenvalue weighted by Crippen LogP contribution is 2.66. The normalized spacial score (nSPS) is 31.9. The average molecular weight is 550 g/mol. The molecule has 0 saturated carbocycles. The summed E-state index contributed by atoms with van der Waals surface area (Å²) >= 11 is 0. The van der Waals surface area contributed by atoms with Gasteiger partial charge in [-0.2, -0.15) is 13.7 Å². The molecule has 1 fully saturated rings. The number of hydrogen-bond acceptors (Lipinski definition) is 15. The maximum absolute atomic E-state index is 11.9. The first-order chi connectivity index (χ1) is 15.5. The van der Waals surface area contributed by atoms with Gasteiger partial charge in [0, 0.05) is 0 Å². The zero-order chi connectivity index (χ0) is 25.7. The molecule has 3 heterocycles. The van der Waals surface area contributed by atoms with Crippen LogP contribution in [0.1, 0.15) is 12.5 Å². The van der Waals surface area contributed by atoms with Crippen LogP contribution in [0.25, 0.3) is 0 Å². The second-order valence-electron chi connectivity index (χ2n) is 7.25. The molecule has 1 aromatic heterocycles. The van der Waals surface area contributed by atoms with Gasteiger partial charge in [0.2, 0.25) is 0 Å². The molecule has 19 nitrogen and oxygen atoms in total. The second-order valence-corrected chi connectivity index (χ2v) is 11.7. The number of phosphoric acid groups is 3. The molecule has 2 unspecified atom stereocenters. The van der Waals surface area contributed by atoms with Crippen LogP contribution in [0.15, 0.2) is 11.4 Å². The van der Waals surface area contributed by atoms with Gasteiger partial charge in [-0.15, -0.1) is 0 Å². The number of hydrazone groups is 1. The van der Waals surface area contributed by atoms with E-state index in [1.807, 2.05) is 0 Å². The SMILES string of the molecule is C[C@@]1(O)[C@H](O)[C@@H](COP(=O)(O)OP(=O)(O)OP(=O)(O)O)O[C@H]1N1CC(=NN)c2c(N)ncnc21. The molecule has 10 N–H and O–H groups in total. The molecule has 2 aliphatic rings. The van der Waals surface area contributed by atoms with E-state index in [9.17, 15) is 33.7 Å². The summed E-state index contributed by atoms with van der Waals surface area (Å²) in [6, 6.07) is 0. The first-order valence-electron chi connectivity index (χ1n) is 8.96. The fourth-order valence-corrected chi connectivity index (χ4v) is 6.42. The van der Waals surface area contributed by atoms with E-state index in [4.69, 9.17) is 26.1 Å². The molecule has 6 atom stereocenters. The van der Waals surface area contributed by atoms with Crippen LogP contribution >= 0.6 is 23.5 Å². The summed E-state index contributed by atoms with van der Waals surface area (Å²) in [5, 5.41) is 25.0. The van der Waals surface area contributed by atoms with Crippen molar-refractivity contribution in [1.82, 2.24) is 9.97 Å². The summed E-state index contributed by atoms with van der Waals surface area (Å²) in [5.74, 6) is 5.60. The highest BCUT2D eigenvalue weighted by molar-refractivity contribution is 7.66. The third-order valence-corrected chi connectivity index (χ3v) is 8.55. The Labute approximate surface area is 190 Å². The molecule has 0 radical (unpaired) electrons. The Bertz CT molecular complexity index is 1130. The summed E-state index contributed by atoms with van der Waals surface area (Å²) in [4.78, 5) is 45.2. The van der Waals surface area contributed by atoms with E-state index in [1.165, 1.54) is 11.8 Å². The number of anilines is 2. The number of phosphoric ester groups is 1. The fourth-order valence-electron chi connectivity index (χ4n) is 3.39. The third-order valence-electron chi connectivity index (χ3n) is 4.75. The van der Waals surface area contributed by atoms with Crippen molar-refractivity contribution in [2.24, 2.45) is 10.9 Å². The monoisotopic (exact) mass is 550 g/mol. The lowest BCUT2D eigenvalue weighted by molar-refractivity contribution is -0.0626. The Morgan fingerprint density at radius 1 is 1.24 bits per heavy atom. The number of fused-ring (bicyclic) bond motifs is 1. The number of nitrogens with two attached hydrogens (primary N) is 2. The predicted octanol–water partition coefficient (Wildman–Crippen LogP) is -2.28. The Morgan fingerprint density at radius 2 is 1.88 bits per heavy atom. The van der Waals surface area contributed by atoms with E-state index < -0.39 is 54.1 Å². The smallest absolute Gasteiger partial charge is 0.387 e. The van der Waals surface area contributed by atoms with Crippen molar-refractivity contribution in [3.05, 3.63) is 11.9 Å². The third kappa shape index (κ3) is 5.63. The lowest BCUT2D eigenvalue weighted by Crippen LogP contribution is -2.53. The van der Waals surface area contributed by atoms with E-state index >= 15 is 0 Å². The van der Waals surface area contributed by atoms with E-state index in [1.54, 1.807) is 0 Å². The summed E-state index contributed by atoms with van der Waals surface area (Å²) in [5.41, 5.74) is 4.33. The molecule has 0 amide bonds. The molecule has 1 saturated heterocycles. The van der Waals surface area contributed by atoms with Gasteiger partial charge in [0.05, 0.1) is 24.4 Å². The molecular formula is C12H21N6O13P3.